The first-order valence-corrected chi connectivity index (χ1v) is 6.08. The van der Waals surface area contributed by atoms with Crippen molar-refractivity contribution in [1.82, 2.24) is 9.88 Å². The predicted octanol–water partition coefficient (Wildman–Crippen LogP) is 0.144. The summed E-state index contributed by atoms with van der Waals surface area (Å²) in [5.41, 5.74) is 1.78. The van der Waals surface area contributed by atoms with Gasteiger partial charge in [0.1, 0.15) is 0 Å². The van der Waals surface area contributed by atoms with E-state index in [2.05, 4.69) is 4.98 Å². The Bertz CT molecular complexity index is 496. The highest BCUT2D eigenvalue weighted by Crippen LogP contribution is 2.25. The molecule has 19 heavy (non-hydrogen) atoms. The van der Waals surface area contributed by atoms with Crippen molar-refractivity contribution in [2.75, 3.05) is 13.1 Å². The lowest BCUT2D eigenvalue weighted by molar-refractivity contribution is -0.386. The van der Waals surface area contributed by atoms with Gasteiger partial charge in [-0.25, -0.2) is 0 Å². The number of hydrogen-bond donors (Lipinski definition) is 2. The Balaban J connectivity index is 2.22. The lowest BCUT2D eigenvalue weighted by Gasteiger charge is -2.15. The summed E-state index contributed by atoms with van der Waals surface area (Å²) in [6.07, 6.45) is -0.0369. The Kier molecular flexibility index (Phi) is 3.79. The summed E-state index contributed by atoms with van der Waals surface area (Å²) in [6.45, 7) is 4.43. The maximum Gasteiger partial charge on any atom is 0.278 e. The van der Waals surface area contributed by atoms with Gasteiger partial charge >= 0.3 is 0 Å². The number of β-amino-alcohol motifs (C(OH)–C–C–N with tert-alkyl or cyclic N) is 2. The molecule has 0 saturated carbocycles. The van der Waals surface area contributed by atoms with Gasteiger partial charge in [0.25, 0.3) is 5.69 Å². The molecule has 1 saturated heterocycles. The van der Waals surface area contributed by atoms with Gasteiger partial charge in [0.15, 0.2) is 0 Å². The van der Waals surface area contributed by atoms with E-state index in [1.165, 1.54) is 6.20 Å². The van der Waals surface area contributed by atoms with E-state index in [-0.39, 0.29) is 5.69 Å². The van der Waals surface area contributed by atoms with Crippen molar-refractivity contribution < 1.29 is 15.1 Å². The Hall–Kier alpha value is -1.57. The lowest BCUT2D eigenvalue weighted by Crippen LogP contribution is -2.23. The van der Waals surface area contributed by atoms with Gasteiger partial charge in [-0.3, -0.25) is 20.0 Å². The molecular formula is C12H17N3O4. The van der Waals surface area contributed by atoms with E-state index in [1.54, 1.807) is 13.8 Å². The fourth-order valence-corrected chi connectivity index (χ4v) is 2.39. The van der Waals surface area contributed by atoms with Crippen molar-refractivity contribution in [3.8, 4) is 0 Å². The molecule has 1 aliphatic rings. The van der Waals surface area contributed by atoms with E-state index < -0.39 is 17.1 Å². The highest BCUT2D eigenvalue weighted by atomic mass is 16.6. The minimum Gasteiger partial charge on any atom is -0.389 e. The van der Waals surface area contributed by atoms with Crippen LogP contribution in [-0.4, -0.2) is 50.3 Å². The molecule has 104 valence electrons. The van der Waals surface area contributed by atoms with Crippen molar-refractivity contribution in [3.05, 3.63) is 33.1 Å². The maximum atomic E-state index is 11.0. The van der Waals surface area contributed by atoms with Gasteiger partial charge in [-0.15, -0.1) is 0 Å². The van der Waals surface area contributed by atoms with Gasteiger partial charge in [0.05, 0.1) is 22.8 Å². The van der Waals surface area contributed by atoms with E-state index in [0.29, 0.717) is 36.5 Å². The van der Waals surface area contributed by atoms with E-state index in [0.717, 1.165) is 0 Å². The number of aliphatic hydroxyl groups is 2. The lowest BCUT2D eigenvalue weighted by atomic mass is 10.1. The third-order valence-corrected chi connectivity index (χ3v) is 3.47. The molecule has 1 aromatic rings. The molecule has 7 nitrogen and oxygen atoms in total. The molecule has 1 aliphatic heterocycles. The molecule has 0 aliphatic carbocycles. The summed E-state index contributed by atoms with van der Waals surface area (Å²) in [7, 11) is 0. The Morgan fingerprint density at radius 1 is 1.42 bits per heavy atom. The quantitative estimate of drug-likeness (QED) is 0.597. The summed E-state index contributed by atoms with van der Waals surface area (Å²) in [5.74, 6) is 0. The summed E-state index contributed by atoms with van der Waals surface area (Å²) >= 11 is 0. The number of hydrogen-bond acceptors (Lipinski definition) is 6. The number of rotatable bonds is 3. The van der Waals surface area contributed by atoms with Crippen molar-refractivity contribution in [1.29, 1.82) is 0 Å². The second-order valence-electron chi connectivity index (χ2n) is 4.95. The van der Waals surface area contributed by atoms with E-state index in [4.69, 9.17) is 0 Å². The van der Waals surface area contributed by atoms with Crippen LogP contribution >= 0.6 is 0 Å². The molecule has 2 rings (SSSR count). The SMILES string of the molecule is Cc1cnc(CN2C[C@@H](O)[C@@H](O)C2)c(C)c1[N+](=O)[O-]. The molecule has 1 fully saturated rings. The number of likely N-dealkylation sites (tertiary alicyclic amines) is 1. The summed E-state index contributed by atoms with van der Waals surface area (Å²) < 4.78 is 0. The fourth-order valence-electron chi connectivity index (χ4n) is 2.39. The minimum atomic E-state index is -0.763. The van der Waals surface area contributed by atoms with E-state index >= 15 is 0 Å². The molecule has 2 N–H and O–H groups in total. The van der Waals surface area contributed by atoms with Crippen LogP contribution in [0.3, 0.4) is 0 Å². The first-order valence-electron chi connectivity index (χ1n) is 6.08. The molecule has 0 radical (unpaired) electrons. The van der Waals surface area contributed by atoms with Gasteiger partial charge in [0.2, 0.25) is 0 Å². The number of aliphatic hydroxyl groups excluding tert-OH is 2. The molecule has 0 spiro atoms. The summed E-state index contributed by atoms with van der Waals surface area (Å²) in [4.78, 5) is 16.7. The Morgan fingerprint density at radius 3 is 2.53 bits per heavy atom. The van der Waals surface area contributed by atoms with Crippen LogP contribution in [0.1, 0.15) is 16.8 Å². The smallest absolute Gasteiger partial charge is 0.278 e. The molecule has 0 bridgehead atoms. The monoisotopic (exact) mass is 267 g/mol. The highest BCUT2D eigenvalue weighted by molar-refractivity contribution is 5.47. The minimum absolute atomic E-state index is 0.0882. The van der Waals surface area contributed by atoms with Crippen LogP contribution in [0, 0.1) is 24.0 Å². The largest absolute Gasteiger partial charge is 0.389 e. The van der Waals surface area contributed by atoms with Crippen molar-refractivity contribution in [2.45, 2.75) is 32.6 Å². The molecule has 2 atom stereocenters. The number of nitro groups is 1. The van der Waals surface area contributed by atoms with E-state index in [9.17, 15) is 20.3 Å². The zero-order valence-corrected chi connectivity index (χ0v) is 10.9. The second-order valence-corrected chi connectivity index (χ2v) is 4.95. The summed E-state index contributed by atoms with van der Waals surface area (Å²) in [5, 5.41) is 30.0. The Morgan fingerprint density at radius 2 is 2.00 bits per heavy atom. The van der Waals surface area contributed by atoms with Gasteiger partial charge in [-0.2, -0.15) is 0 Å². The van der Waals surface area contributed by atoms with Crippen LogP contribution in [0.15, 0.2) is 6.20 Å². The molecule has 0 aromatic carbocycles. The van der Waals surface area contributed by atoms with Crippen LogP contribution in [0.4, 0.5) is 5.69 Å². The van der Waals surface area contributed by atoms with E-state index in [1.807, 2.05) is 4.90 Å². The normalized spacial score (nSPS) is 23.8. The number of nitrogens with zero attached hydrogens (tertiary/aromatic N) is 3. The fraction of sp³-hybridized carbons (Fsp3) is 0.583. The predicted molar refractivity (Wildman–Crippen MR) is 67.7 cm³/mol. The number of aryl methyl sites for hydroxylation is 1. The summed E-state index contributed by atoms with van der Waals surface area (Å²) in [6, 6.07) is 0. The molecular weight excluding hydrogens is 250 g/mol. The van der Waals surface area contributed by atoms with Crippen LogP contribution in [0.5, 0.6) is 0 Å². The van der Waals surface area contributed by atoms with Crippen LogP contribution in [0.2, 0.25) is 0 Å². The standard InChI is InChI=1S/C12H17N3O4/c1-7-3-13-9(8(2)12(7)15(18)19)4-14-5-10(16)11(17)6-14/h3,10-11,16-17H,4-6H2,1-2H3/t10-,11+. The molecule has 7 heteroatoms. The average molecular weight is 267 g/mol. The molecule has 2 heterocycles. The second kappa shape index (κ2) is 5.20. The van der Waals surface area contributed by atoms with Gasteiger partial charge in [-0.05, 0) is 13.8 Å². The van der Waals surface area contributed by atoms with Gasteiger partial charge in [-0.1, -0.05) is 0 Å². The first-order chi connectivity index (χ1) is 8.90. The number of pyridine rings is 1. The van der Waals surface area contributed by atoms with Crippen LogP contribution in [0.25, 0.3) is 0 Å². The van der Waals surface area contributed by atoms with Crippen molar-refractivity contribution in [2.24, 2.45) is 0 Å². The van der Waals surface area contributed by atoms with Gasteiger partial charge in [0, 0.05) is 37.0 Å². The topological polar surface area (TPSA) is 99.7 Å². The molecule has 1 aromatic heterocycles. The van der Waals surface area contributed by atoms with Crippen molar-refractivity contribution in [3.63, 3.8) is 0 Å². The first kappa shape index (κ1) is 13.9. The van der Waals surface area contributed by atoms with Gasteiger partial charge < -0.3 is 10.2 Å². The maximum absolute atomic E-state index is 11.0. The zero-order chi connectivity index (χ0) is 14.2. The average Bonchev–Trinajstić information content (AvgIpc) is 2.62. The Labute approximate surface area is 110 Å². The van der Waals surface area contributed by atoms with Crippen molar-refractivity contribution >= 4 is 5.69 Å². The highest BCUT2D eigenvalue weighted by Gasteiger charge is 2.30. The zero-order valence-electron chi connectivity index (χ0n) is 10.9. The molecule has 0 unspecified atom stereocenters. The van der Waals surface area contributed by atoms with Crippen LogP contribution < -0.4 is 0 Å². The third kappa shape index (κ3) is 2.73. The molecule has 0 amide bonds. The number of aromatic nitrogens is 1. The third-order valence-electron chi connectivity index (χ3n) is 3.47. The van der Waals surface area contributed by atoms with Crippen LogP contribution in [-0.2, 0) is 6.54 Å².